The number of hydrogen-bond donors (Lipinski definition) is 1. The fourth-order valence-electron chi connectivity index (χ4n) is 13.4. The van der Waals surface area contributed by atoms with Crippen molar-refractivity contribution in [3.8, 4) is 0 Å². The third-order valence-electron chi connectivity index (χ3n) is 18.3. The maximum atomic E-state index is 8.62. The van der Waals surface area contributed by atoms with Crippen LogP contribution in [0.5, 0.6) is 0 Å². The van der Waals surface area contributed by atoms with Gasteiger partial charge in [-0.25, -0.2) is 0 Å². The zero-order valence-corrected chi connectivity index (χ0v) is 57.1. The lowest BCUT2D eigenvalue weighted by Gasteiger charge is -2.58. The summed E-state index contributed by atoms with van der Waals surface area (Å²) in [6, 6.07) is 0. The molecule has 0 heterocycles. The average Bonchev–Trinajstić information content (AvgIpc) is 1.34. The molecule has 0 amide bonds. The van der Waals surface area contributed by atoms with Crippen LogP contribution in [0.4, 0.5) is 0 Å². The molecular formula is C69H128O21. The first-order valence-electron chi connectivity index (χ1n) is 34.8. The Hall–Kier alpha value is -1.36. The van der Waals surface area contributed by atoms with Gasteiger partial charge in [0.05, 0.1) is 270 Å². The van der Waals surface area contributed by atoms with Gasteiger partial charge in [0.25, 0.3) is 0 Å². The number of rotatable bonds is 65. The molecule has 3 fully saturated rings. The summed E-state index contributed by atoms with van der Waals surface area (Å²) in [6.07, 6.45) is 19.8. The minimum Gasteiger partial charge on any atom is -0.394 e. The highest BCUT2D eigenvalue weighted by atomic mass is 16.6. The molecule has 4 rings (SSSR count). The van der Waals surface area contributed by atoms with Crippen molar-refractivity contribution in [3.05, 3.63) is 23.8 Å². The van der Waals surface area contributed by atoms with E-state index < -0.39 is 0 Å². The Morgan fingerprint density at radius 3 is 1.03 bits per heavy atom. The molecule has 530 valence electrons. The van der Waals surface area contributed by atoms with Gasteiger partial charge in [0, 0.05) is 0 Å². The summed E-state index contributed by atoms with van der Waals surface area (Å²) < 4.78 is 111. The molecule has 0 aliphatic heterocycles. The van der Waals surface area contributed by atoms with E-state index in [1.165, 1.54) is 44.9 Å². The van der Waals surface area contributed by atoms with Gasteiger partial charge in [0.15, 0.2) is 0 Å². The molecule has 0 aromatic heterocycles. The van der Waals surface area contributed by atoms with Gasteiger partial charge < -0.3 is 99.8 Å². The van der Waals surface area contributed by atoms with Gasteiger partial charge in [-0.2, -0.15) is 0 Å². The van der Waals surface area contributed by atoms with Crippen molar-refractivity contribution in [1.82, 2.24) is 0 Å². The Kier molecular flexibility index (Phi) is 49.3. The second kappa shape index (κ2) is 54.7. The van der Waals surface area contributed by atoms with Gasteiger partial charge in [-0.05, 0) is 110 Å². The molecule has 21 nitrogen and oxygen atoms in total. The van der Waals surface area contributed by atoms with Crippen LogP contribution in [0.1, 0.15) is 99.3 Å². The summed E-state index contributed by atoms with van der Waals surface area (Å²) in [5.74, 6) is 5.46. The van der Waals surface area contributed by atoms with Crippen LogP contribution in [-0.4, -0.2) is 275 Å². The summed E-state index contributed by atoms with van der Waals surface area (Å²) in [5.41, 5.74) is 2.51. The lowest BCUT2D eigenvalue weighted by atomic mass is 9.47. The number of fused-ring (bicyclic) bond motifs is 5. The topological polar surface area (TPSA) is 205 Å². The Morgan fingerprint density at radius 1 is 0.400 bits per heavy atom. The molecule has 1 unspecified atom stereocenters. The quantitative estimate of drug-likeness (QED) is 0.0451. The highest BCUT2D eigenvalue weighted by molar-refractivity contribution is 5.25. The average molecular weight is 1290 g/mol. The molecule has 4 aliphatic rings. The van der Waals surface area contributed by atoms with Gasteiger partial charge in [-0.1, -0.05) is 65.3 Å². The van der Waals surface area contributed by atoms with E-state index in [9.17, 15) is 0 Å². The Labute approximate surface area is 543 Å². The summed E-state index contributed by atoms with van der Waals surface area (Å²) in [6.45, 7) is 34.4. The van der Waals surface area contributed by atoms with Crippen LogP contribution in [-0.2, 0) is 94.7 Å². The molecule has 90 heavy (non-hydrogen) atoms. The molecule has 21 heteroatoms. The van der Waals surface area contributed by atoms with Crippen molar-refractivity contribution in [2.45, 2.75) is 105 Å². The Balaban J connectivity index is 0.764. The van der Waals surface area contributed by atoms with Crippen LogP contribution in [0.15, 0.2) is 23.8 Å². The van der Waals surface area contributed by atoms with Crippen LogP contribution in [0, 0.1) is 52.3 Å². The van der Waals surface area contributed by atoms with Crippen LogP contribution in [0.25, 0.3) is 0 Å². The van der Waals surface area contributed by atoms with E-state index in [-0.39, 0.29) is 6.61 Å². The molecule has 4 aliphatic carbocycles. The third kappa shape index (κ3) is 36.1. The van der Waals surface area contributed by atoms with Gasteiger partial charge in [-0.3, -0.25) is 0 Å². The molecule has 0 radical (unpaired) electrons. The maximum absolute atomic E-state index is 8.62. The second-order valence-corrected chi connectivity index (χ2v) is 24.6. The predicted octanol–water partition coefficient (Wildman–Crippen LogP) is 8.13. The lowest BCUT2D eigenvalue weighted by molar-refractivity contribution is -0.0673. The van der Waals surface area contributed by atoms with E-state index in [1.54, 1.807) is 5.57 Å². The first-order valence-corrected chi connectivity index (χ1v) is 34.8. The number of hydrogen-bond acceptors (Lipinski definition) is 21. The fourth-order valence-corrected chi connectivity index (χ4v) is 13.4. The third-order valence-corrected chi connectivity index (χ3v) is 18.3. The van der Waals surface area contributed by atoms with Crippen molar-refractivity contribution >= 4 is 0 Å². The standard InChI is InChI=1S/C69H128O21/c1-7-61(59(2)3)9-8-60(4)65-12-13-66-64-11-10-62-58-63(14-16-68(62,5)67(64)15-17-69(65,66)6)90-57-56-89-55-54-88-53-52-87-51-50-86-49-48-85-47-46-84-45-44-83-43-42-82-41-40-81-39-38-80-37-36-79-35-34-78-33-32-77-31-30-76-29-28-75-27-26-74-25-24-73-23-22-72-21-20-71-19-18-70/h8-10,59-61,63-67,70H,7,11-58H2,1-6H3/t60-,61-,63?,64+,65-,66+,67+,68+,69-/m1/s1. The SMILES string of the molecule is CC[C@H](C=C[C@@H](C)[C@H]1CC[C@H]2[C@@H]3CC=C4CC(OCCOCCOCCOCCOCCOCCOCCOCCOCCOCCOCCOCCOCCOCCOCCOCCOCCOCCOCCOCCO)CC[C@]4(C)[C@H]3CC[C@]12C)C(C)C. The summed E-state index contributed by atoms with van der Waals surface area (Å²) in [7, 11) is 0. The molecular weight excluding hydrogens is 1160 g/mol. The molecule has 3 saturated carbocycles. The predicted molar refractivity (Wildman–Crippen MR) is 345 cm³/mol. The van der Waals surface area contributed by atoms with Gasteiger partial charge in [0.2, 0.25) is 0 Å². The Morgan fingerprint density at radius 2 is 0.722 bits per heavy atom. The van der Waals surface area contributed by atoms with E-state index in [0.717, 1.165) is 42.4 Å². The second-order valence-electron chi connectivity index (χ2n) is 24.6. The molecule has 0 bridgehead atoms. The zero-order valence-electron chi connectivity index (χ0n) is 57.1. The normalized spacial score (nSPS) is 23.2. The van der Waals surface area contributed by atoms with Crippen molar-refractivity contribution < 1.29 is 99.8 Å². The van der Waals surface area contributed by atoms with Crippen LogP contribution in [0.3, 0.4) is 0 Å². The van der Waals surface area contributed by atoms with Gasteiger partial charge in [0.1, 0.15) is 0 Å². The van der Waals surface area contributed by atoms with Crippen LogP contribution < -0.4 is 0 Å². The van der Waals surface area contributed by atoms with Crippen molar-refractivity contribution in [3.63, 3.8) is 0 Å². The molecule has 1 N–H and O–H groups in total. The molecule has 0 saturated heterocycles. The lowest BCUT2D eigenvalue weighted by Crippen LogP contribution is -2.51. The monoisotopic (exact) mass is 1290 g/mol. The smallest absolute Gasteiger partial charge is 0.0704 e. The van der Waals surface area contributed by atoms with Crippen LogP contribution in [0.2, 0.25) is 0 Å². The largest absolute Gasteiger partial charge is 0.394 e. The summed E-state index contributed by atoms with van der Waals surface area (Å²) in [4.78, 5) is 0. The first-order chi connectivity index (χ1) is 44.2. The first kappa shape index (κ1) is 81.1. The van der Waals surface area contributed by atoms with E-state index in [1.807, 2.05) is 0 Å². The molecule has 9 atom stereocenters. The molecule has 0 aromatic rings. The maximum Gasteiger partial charge on any atom is 0.0704 e. The minimum absolute atomic E-state index is 0.0198. The highest BCUT2D eigenvalue weighted by Gasteiger charge is 2.59. The summed E-state index contributed by atoms with van der Waals surface area (Å²) in [5, 5.41) is 8.62. The number of aliphatic hydroxyl groups is 1. The van der Waals surface area contributed by atoms with Crippen molar-refractivity contribution in [1.29, 1.82) is 0 Å². The van der Waals surface area contributed by atoms with E-state index in [4.69, 9.17) is 99.8 Å². The minimum atomic E-state index is 0.0198. The number of ether oxygens (including phenoxy) is 20. The summed E-state index contributed by atoms with van der Waals surface area (Å²) >= 11 is 0. The fraction of sp³-hybridized carbons (Fsp3) is 0.942. The molecule has 0 spiro atoms. The molecule has 0 aromatic carbocycles. The number of aliphatic hydroxyl groups excluding tert-OH is 1. The van der Waals surface area contributed by atoms with Crippen molar-refractivity contribution in [2.24, 2.45) is 52.3 Å². The van der Waals surface area contributed by atoms with Gasteiger partial charge in [-0.15, -0.1) is 0 Å². The Bertz CT molecular complexity index is 1680. The van der Waals surface area contributed by atoms with Gasteiger partial charge >= 0.3 is 0 Å². The van der Waals surface area contributed by atoms with E-state index >= 15 is 0 Å². The number of allylic oxidation sites excluding steroid dienone is 3. The highest BCUT2D eigenvalue weighted by Crippen LogP contribution is 2.67. The van der Waals surface area contributed by atoms with Crippen molar-refractivity contribution in [2.75, 3.05) is 264 Å². The van der Waals surface area contributed by atoms with E-state index in [2.05, 4.69) is 59.8 Å². The van der Waals surface area contributed by atoms with Crippen LogP contribution >= 0.6 is 0 Å². The zero-order chi connectivity index (χ0) is 64.1. The van der Waals surface area contributed by atoms with E-state index in [0.29, 0.717) is 286 Å².